The molecule has 22 heavy (non-hydrogen) atoms. The molecule has 0 heterocycles. The lowest BCUT2D eigenvalue weighted by Crippen LogP contribution is -2.30. The third kappa shape index (κ3) is 3.48. The van der Waals surface area contributed by atoms with Crippen LogP contribution in [0.15, 0.2) is 47.4 Å². The first kappa shape index (κ1) is 16.9. The molecule has 2 aromatic carbocycles. The highest BCUT2D eigenvalue weighted by Crippen LogP contribution is 2.29. The Labute approximate surface area is 140 Å². The van der Waals surface area contributed by atoms with Crippen molar-refractivity contribution in [3.05, 3.63) is 52.5 Å². The summed E-state index contributed by atoms with van der Waals surface area (Å²) in [5.41, 5.74) is 0.427. The van der Waals surface area contributed by atoms with E-state index < -0.39 is 10.0 Å². The predicted octanol–water partition coefficient (Wildman–Crippen LogP) is 4.22. The molecule has 0 aliphatic heterocycles. The first-order valence-corrected chi connectivity index (χ1v) is 8.71. The Morgan fingerprint density at radius 2 is 1.59 bits per heavy atom. The Hall–Kier alpha value is -1.43. The van der Waals surface area contributed by atoms with Crippen molar-refractivity contribution in [1.29, 1.82) is 0 Å². The first-order chi connectivity index (χ1) is 10.4. The molecule has 2 aromatic rings. The standard InChI is InChI=1S/C15H15Cl2NO3S/c1-3-18(13-9-11(16)8-12(17)10-13)22(19,20)15-6-4-14(21-2)5-7-15/h4-10H,3H2,1-2H3. The Bertz CT molecular complexity index is 741. The van der Waals surface area contributed by atoms with Gasteiger partial charge in [0.15, 0.2) is 0 Å². The van der Waals surface area contributed by atoms with Crippen molar-refractivity contribution >= 4 is 38.9 Å². The predicted molar refractivity (Wildman–Crippen MR) is 89.7 cm³/mol. The maximum atomic E-state index is 12.8. The molecule has 2 rings (SSSR count). The zero-order chi connectivity index (χ0) is 16.3. The largest absolute Gasteiger partial charge is 0.497 e. The lowest BCUT2D eigenvalue weighted by Gasteiger charge is -2.23. The fraction of sp³-hybridized carbons (Fsp3) is 0.200. The number of hydrogen-bond acceptors (Lipinski definition) is 3. The van der Waals surface area contributed by atoms with E-state index in [9.17, 15) is 8.42 Å². The van der Waals surface area contributed by atoms with E-state index >= 15 is 0 Å². The van der Waals surface area contributed by atoms with Crippen LogP contribution in [0.1, 0.15) is 6.92 Å². The van der Waals surface area contributed by atoms with Gasteiger partial charge in [0.1, 0.15) is 5.75 Å². The van der Waals surface area contributed by atoms with Crippen LogP contribution in [0.3, 0.4) is 0 Å². The minimum Gasteiger partial charge on any atom is -0.497 e. The highest BCUT2D eigenvalue weighted by Gasteiger charge is 2.24. The molecule has 0 spiro atoms. The van der Waals surface area contributed by atoms with Crippen LogP contribution in [0.4, 0.5) is 5.69 Å². The van der Waals surface area contributed by atoms with Gasteiger partial charge in [0.2, 0.25) is 0 Å². The Morgan fingerprint density at radius 3 is 2.05 bits per heavy atom. The van der Waals surface area contributed by atoms with Gasteiger partial charge in [0.05, 0.1) is 17.7 Å². The molecule has 0 aliphatic carbocycles. The summed E-state index contributed by atoms with van der Waals surface area (Å²) >= 11 is 11.9. The summed E-state index contributed by atoms with van der Waals surface area (Å²) in [7, 11) is -2.18. The molecule has 0 bridgehead atoms. The minimum absolute atomic E-state index is 0.172. The van der Waals surface area contributed by atoms with Crippen molar-refractivity contribution in [2.45, 2.75) is 11.8 Å². The van der Waals surface area contributed by atoms with Crippen molar-refractivity contribution in [3.8, 4) is 5.75 Å². The molecule has 0 saturated heterocycles. The molecule has 0 unspecified atom stereocenters. The molecule has 0 aliphatic rings. The number of nitrogens with zero attached hydrogens (tertiary/aromatic N) is 1. The van der Waals surface area contributed by atoms with Gasteiger partial charge in [-0.25, -0.2) is 8.42 Å². The van der Waals surface area contributed by atoms with E-state index in [0.717, 1.165) is 0 Å². The number of hydrogen-bond donors (Lipinski definition) is 0. The van der Waals surface area contributed by atoms with Crippen molar-refractivity contribution in [1.82, 2.24) is 0 Å². The van der Waals surface area contributed by atoms with Gasteiger partial charge in [0.25, 0.3) is 10.0 Å². The van der Waals surface area contributed by atoms with Gasteiger partial charge in [-0.2, -0.15) is 0 Å². The molecule has 0 atom stereocenters. The number of rotatable bonds is 5. The second kappa shape index (κ2) is 6.77. The number of sulfonamides is 1. The molecule has 4 nitrogen and oxygen atoms in total. The van der Waals surface area contributed by atoms with Gasteiger partial charge < -0.3 is 4.74 Å². The number of anilines is 1. The second-order valence-corrected chi connectivity index (χ2v) is 7.21. The average Bonchev–Trinajstić information content (AvgIpc) is 2.46. The van der Waals surface area contributed by atoms with Gasteiger partial charge in [-0.15, -0.1) is 0 Å². The highest BCUT2D eigenvalue weighted by molar-refractivity contribution is 7.92. The third-order valence-corrected chi connectivity index (χ3v) is 5.42. The summed E-state index contributed by atoms with van der Waals surface area (Å²) in [6.07, 6.45) is 0. The topological polar surface area (TPSA) is 46.6 Å². The van der Waals surface area contributed by atoms with Crippen molar-refractivity contribution < 1.29 is 13.2 Å². The molecular formula is C15H15Cl2NO3S. The van der Waals surface area contributed by atoms with Crippen LogP contribution < -0.4 is 9.04 Å². The molecule has 7 heteroatoms. The summed E-state index contributed by atoms with van der Waals surface area (Å²) in [5.74, 6) is 0.591. The maximum absolute atomic E-state index is 12.8. The Balaban J connectivity index is 2.47. The number of ether oxygens (including phenoxy) is 1. The monoisotopic (exact) mass is 359 g/mol. The van der Waals surface area contributed by atoms with Crippen molar-refractivity contribution in [3.63, 3.8) is 0 Å². The molecule has 0 aromatic heterocycles. The highest BCUT2D eigenvalue weighted by atomic mass is 35.5. The Kier molecular flexibility index (Phi) is 5.21. The van der Waals surface area contributed by atoms with Gasteiger partial charge >= 0.3 is 0 Å². The van der Waals surface area contributed by atoms with Gasteiger partial charge in [-0.05, 0) is 49.4 Å². The zero-order valence-corrected chi connectivity index (χ0v) is 14.4. The molecule has 0 N–H and O–H groups in total. The normalized spacial score (nSPS) is 11.3. The maximum Gasteiger partial charge on any atom is 0.264 e. The van der Waals surface area contributed by atoms with Gasteiger partial charge in [0, 0.05) is 16.6 Å². The van der Waals surface area contributed by atoms with E-state index in [1.54, 1.807) is 37.3 Å². The fourth-order valence-electron chi connectivity index (χ4n) is 2.05. The lowest BCUT2D eigenvalue weighted by atomic mass is 10.3. The van der Waals surface area contributed by atoms with E-state index in [0.29, 0.717) is 21.5 Å². The number of methoxy groups -OCH3 is 1. The van der Waals surface area contributed by atoms with Crippen LogP contribution in [-0.4, -0.2) is 22.1 Å². The second-order valence-electron chi connectivity index (χ2n) is 4.47. The Morgan fingerprint density at radius 1 is 1.05 bits per heavy atom. The van der Waals surface area contributed by atoms with Gasteiger partial charge in [-0.3, -0.25) is 4.31 Å². The third-order valence-electron chi connectivity index (χ3n) is 3.07. The summed E-state index contributed by atoms with van der Waals surface area (Å²) in [5, 5.41) is 0.761. The van der Waals surface area contributed by atoms with Crippen LogP contribution >= 0.6 is 23.2 Å². The number of halogens is 2. The van der Waals surface area contributed by atoms with Crippen LogP contribution in [-0.2, 0) is 10.0 Å². The van der Waals surface area contributed by atoms with Crippen LogP contribution in [0.5, 0.6) is 5.75 Å². The SMILES string of the molecule is CCN(c1cc(Cl)cc(Cl)c1)S(=O)(=O)c1ccc(OC)cc1. The molecule has 0 fully saturated rings. The quantitative estimate of drug-likeness (QED) is 0.802. The van der Waals surface area contributed by atoms with Gasteiger partial charge in [-0.1, -0.05) is 23.2 Å². The average molecular weight is 360 g/mol. The van der Waals surface area contributed by atoms with Crippen LogP contribution in [0, 0.1) is 0 Å². The van der Waals surface area contributed by atoms with Crippen LogP contribution in [0.2, 0.25) is 10.0 Å². The molecule has 0 saturated carbocycles. The van der Waals surface area contributed by atoms with Crippen LogP contribution in [0.25, 0.3) is 0 Å². The summed E-state index contributed by atoms with van der Waals surface area (Å²) in [6.45, 7) is 2.00. The van der Waals surface area contributed by atoms with Crippen molar-refractivity contribution in [2.75, 3.05) is 18.0 Å². The van der Waals surface area contributed by atoms with E-state index in [2.05, 4.69) is 0 Å². The smallest absolute Gasteiger partial charge is 0.264 e. The van der Waals surface area contributed by atoms with E-state index in [4.69, 9.17) is 27.9 Å². The summed E-state index contributed by atoms with van der Waals surface area (Å²) < 4.78 is 31.9. The van der Waals surface area contributed by atoms with Crippen molar-refractivity contribution in [2.24, 2.45) is 0 Å². The molecule has 118 valence electrons. The summed E-state index contributed by atoms with van der Waals surface area (Å²) in [6, 6.07) is 10.9. The summed E-state index contributed by atoms with van der Waals surface area (Å²) in [4.78, 5) is 0.172. The molecule has 0 radical (unpaired) electrons. The molecular weight excluding hydrogens is 345 g/mol. The van der Waals surface area contributed by atoms with E-state index in [1.165, 1.54) is 23.5 Å². The lowest BCUT2D eigenvalue weighted by molar-refractivity contribution is 0.414. The van der Waals surface area contributed by atoms with E-state index in [1.807, 2.05) is 0 Å². The molecule has 0 amide bonds. The minimum atomic E-state index is -3.70. The van der Waals surface area contributed by atoms with E-state index in [-0.39, 0.29) is 11.4 Å². The number of benzene rings is 2. The first-order valence-electron chi connectivity index (χ1n) is 6.51. The zero-order valence-electron chi connectivity index (χ0n) is 12.1. The fourth-order valence-corrected chi connectivity index (χ4v) is 4.02.